The van der Waals surface area contributed by atoms with Gasteiger partial charge in [-0.05, 0) is 31.2 Å². The Labute approximate surface area is 137 Å². The van der Waals surface area contributed by atoms with E-state index in [-0.39, 0.29) is 5.91 Å². The molecular formula is C15H18N2OS3. The van der Waals surface area contributed by atoms with Gasteiger partial charge in [0.25, 0.3) is 0 Å². The second-order valence-corrected chi connectivity index (χ2v) is 8.36. The maximum atomic E-state index is 11.7. The number of anilines is 1. The van der Waals surface area contributed by atoms with E-state index >= 15 is 0 Å². The number of amides is 1. The highest BCUT2D eigenvalue weighted by atomic mass is 32.2. The average Bonchev–Trinajstić information content (AvgIpc) is 2.94. The summed E-state index contributed by atoms with van der Waals surface area (Å²) in [4.78, 5) is 19.7. The van der Waals surface area contributed by atoms with Crippen LogP contribution in [0.15, 0.2) is 22.9 Å². The maximum Gasteiger partial charge on any atom is 0.225 e. The molecular weight excluding hydrogens is 320 g/mol. The van der Waals surface area contributed by atoms with E-state index < -0.39 is 0 Å². The minimum absolute atomic E-state index is 0.109. The summed E-state index contributed by atoms with van der Waals surface area (Å²) < 4.78 is 0. The van der Waals surface area contributed by atoms with Crippen molar-refractivity contribution in [1.82, 2.24) is 4.98 Å². The van der Waals surface area contributed by atoms with E-state index in [0.717, 1.165) is 29.4 Å². The van der Waals surface area contributed by atoms with E-state index in [9.17, 15) is 4.79 Å². The van der Waals surface area contributed by atoms with Crippen molar-refractivity contribution in [3.8, 4) is 0 Å². The summed E-state index contributed by atoms with van der Waals surface area (Å²) in [6.45, 7) is 3.86. The normalized spacial score (nSPS) is 15.9. The van der Waals surface area contributed by atoms with Crippen LogP contribution >= 0.6 is 34.4 Å². The topological polar surface area (TPSA) is 33.2 Å². The molecule has 1 saturated carbocycles. The molecule has 1 amide bonds. The fourth-order valence-corrected chi connectivity index (χ4v) is 5.06. The molecule has 21 heavy (non-hydrogen) atoms. The van der Waals surface area contributed by atoms with Crippen LogP contribution in [0.3, 0.4) is 0 Å². The zero-order chi connectivity index (χ0) is 14.8. The fourth-order valence-electron chi connectivity index (χ4n) is 2.17. The van der Waals surface area contributed by atoms with E-state index in [0.29, 0.717) is 11.3 Å². The first-order chi connectivity index (χ1) is 10.1. The Hall–Kier alpha value is -0.850. The molecule has 3 rings (SSSR count). The summed E-state index contributed by atoms with van der Waals surface area (Å²) >= 11 is 5.28. The first-order valence-electron chi connectivity index (χ1n) is 7.04. The lowest BCUT2D eigenvalue weighted by Gasteiger charge is -2.16. The summed E-state index contributed by atoms with van der Waals surface area (Å²) in [5.41, 5.74) is 1.08. The molecule has 0 spiro atoms. The molecule has 6 heteroatoms. The van der Waals surface area contributed by atoms with E-state index in [1.807, 2.05) is 16.7 Å². The van der Waals surface area contributed by atoms with Crippen molar-refractivity contribution in [3.05, 3.63) is 33.5 Å². The zero-order valence-corrected chi connectivity index (χ0v) is 14.6. The summed E-state index contributed by atoms with van der Waals surface area (Å²) in [5, 5.41) is 5.56. The standard InChI is InChI=1S/C15H18N2OS3/c1-10(14-4-3-7-19-14)20-8-12-9-21-15(16-12)17(11(2)18)13-5-6-13/h3-4,7,9-10,13H,5-6,8H2,1-2H3/t10-/m1/s1. The predicted octanol–water partition coefficient (Wildman–Crippen LogP) is 4.71. The van der Waals surface area contributed by atoms with Crippen molar-refractivity contribution >= 4 is 45.5 Å². The van der Waals surface area contributed by atoms with E-state index in [4.69, 9.17) is 0 Å². The summed E-state index contributed by atoms with van der Waals surface area (Å²) in [6, 6.07) is 4.66. The highest BCUT2D eigenvalue weighted by molar-refractivity contribution is 7.98. The molecule has 0 radical (unpaired) electrons. The molecule has 0 unspecified atom stereocenters. The molecule has 112 valence electrons. The highest BCUT2D eigenvalue weighted by Crippen LogP contribution is 2.36. The number of nitrogens with zero attached hydrogens (tertiary/aromatic N) is 2. The lowest BCUT2D eigenvalue weighted by molar-refractivity contribution is -0.116. The third kappa shape index (κ3) is 3.67. The Bertz CT molecular complexity index is 604. The Morgan fingerprint density at radius 2 is 2.33 bits per heavy atom. The van der Waals surface area contributed by atoms with Crippen LogP contribution in [-0.2, 0) is 10.5 Å². The van der Waals surface area contributed by atoms with Gasteiger partial charge in [0.2, 0.25) is 5.91 Å². The predicted molar refractivity (Wildman–Crippen MR) is 92.3 cm³/mol. The van der Waals surface area contributed by atoms with Crippen molar-refractivity contribution in [2.75, 3.05) is 4.90 Å². The minimum Gasteiger partial charge on any atom is -0.285 e. The van der Waals surface area contributed by atoms with Gasteiger partial charge in [0.15, 0.2) is 5.13 Å². The number of carbonyl (C=O) groups excluding carboxylic acids is 1. The van der Waals surface area contributed by atoms with Gasteiger partial charge >= 0.3 is 0 Å². The molecule has 1 aliphatic carbocycles. The SMILES string of the molecule is CC(=O)N(c1nc(CS[C@H](C)c2cccs2)cs1)C1CC1. The Morgan fingerprint density at radius 1 is 1.52 bits per heavy atom. The fraction of sp³-hybridized carbons (Fsp3) is 0.467. The van der Waals surface area contributed by atoms with Crippen LogP contribution in [0.25, 0.3) is 0 Å². The molecule has 0 bridgehead atoms. The average molecular weight is 339 g/mol. The van der Waals surface area contributed by atoms with Crippen molar-refractivity contribution in [1.29, 1.82) is 0 Å². The van der Waals surface area contributed by atoms with Gasteiger partial charge in [-0.25, -0.2) is 4.98 Å². The summed E-state index contributed by atoms with van der Waals surface area (Å²) in [5.74, 6) is 1.00. The second-order valence-electron chi connectivity index (χ2n) is 5.21. The second kappa shape index (κ2) is 6.50. The van der Waals surface area contributed by atoms with E-state index in [2.05, 4.69) is 34.8 Å². The number of carbonyl (C=O) groups is 1. The number of rotatable bonds is 6. The van der Waals surface area contributed by atoms with Crippen LogP contribution in [0.4, 0.5) is 5.13 Å². The van der Waals surface area contributed by atoms with Gasteiger partial charge in [-0.2, -0.15) is 0 Å². The minimum atomic E-state index is 0.109. The molecule has 0 saturated heterocycles. The molecule has 3 nitrogen and oxygen atoms in total. The third-order valence-electron chi connectivity index (χ3n) is 3.42. The van der Waals surface area contributed by atoms with Gasteiger partial charge in [-0.15, -0.1) is 34.4 Å². The van der Waals surface area contributed by atoms with Crippen LogP contribution in [0.2, 0.25) is 0 Å². The molecule has 1 aliphatic rings. The van der Waals surface area contributed by atoms with Gasteiger partial charge < -0.3 is 0 Å². The first kappa shape index (κ1) is 15.1. The number of thiazole rings is 1. The molecule has 1 fully saturated rings. The Kier molecular flexibility index (Phi) is 4.66. The molecule has 2 heterocycles. The molecule has 0 aromatic carbocycles. The quantitative estimate of drug-likeness (QED) is 0.764. The zero-order valence-electron chi connectivity index (χ0n) is 12.1. The highest BCUT2D eigenvalue weighted by Gasteiger charge is 2.33. The van der Waals surface area contributed by atoms with Crippen LogP contribution in [0, 0.1) is 0 Å². The molecule has 0 N–H and O–H groups in total. The third-order valence-corrected chi connectivity index (χ3v) is 6.73. The lowest BCUT2D eigenvalue weighted by Crippen LogP contribution is -2.30. The van der Waals surface area contributed by atoms with Gasteiger partial charge in [-0.1, -0.05) is 6.07 Å². The summed E-state index contributed by atoms with van der Waals surface area (Å²) in [6.07, 6.45) is 2.22. The smallest absolute Gasteiger partial charge is 0.225 e. The van der Waals surface area contributed by atoms with Gasteiger partial charge in [0.05, 0.1) is 5.69 Å². The number of hydrogen-bond acceptors (Lipinski definition) is 5. The first-order valence-corrected chi connectivity index (χ1v) is 9.85. The van der Waals surface area contributed by atoms with Gasteiger partial charge in [-0.3, -0.25) is 9.69 Å². The van der Waals surface area contributed by atoms with Crippen molar-refractivity contribution < 1.29 is 4.79 Å². The Balaban J connectivity index is 1.61. The number of aromatic nitrogens is 1. The van der Waals surface area contributed by atoms with Crippen molar-refractivity contribution in [2.45, 2.75) is 43.7 Å². The van der Waals surface area contributed by atoms with Crippen molar-refractivity contribution in [3.63, 3.8) is 0 Å². The summed E-state index contributed by atoms with van der Waals surface area (Å²) in [7, 11) is 0. The lowest BCUT2D eigenvalue weighted by atomic mass is 10.4. The van der Waals surface area contributed by atoms with Gasteiger partial charge in [0.1, 0.15) is 0 Å². The van der Waals surface area contributed by atoms with Crippen molar-refractivity contribution in [2.24, 2.45) is 0 Å². The monoisotopic (exact) mass is 338 g/mol. The number of thioether (sulfide) groups is 1. The van der Waals surface area contributed by atoms with E-state index in [1.165, 1.54) is 4.88 Å². The van der Waals surface area contributed by atoms with Crippen LogP contribution in [0.1, 0.15) is 42.5 Å². The molecule has 1 atom stereocenters. The Morgan fingerprint density at radius 3 is 2.95 bits per heavy atom. The van der Waals surface area contributed by atoms with Crippen LogP contribution in [-0.4, -0.2) is 16.9 Å². The maximum absolute atomic E-state index is 11.7. The molecule has 2 aromatic rings. The van der Waals surface area contributed by atoms with E-state index in [1.54, 1.807) is 29.6 Å². The van der Waals surface area contributed by atoms with Gasteiger partial charge in [0, 0.05) is 34.2 Å². The largest absolute Gasteiger partial charge is 0.285 e. The molecule has 0 aliphatic heterocycles. The number of hydrogen-bond donors (Lipinski definition) is 0. The molecule has 2 aromatic heterocycles. The number of thiophene rings is 1. The van der Waals surface area contributed by atoms with Crippen LogP contribution in [0.5, 0.6) is 0 Å². The van der Waals surface area contributed by atoms with Crippen LogP contribution < -0.4 is 4.90 Å².